The van der Waals surface area contributed by atoms with Gasteiger partial charge in [-0.15, -0.1) is 0 Å². The summed E-state index contributed by atoms with van der Waals surface area (Å²) in [6.07, 6.45) is 0. The molecule has 0 aliphatic rings. The first kappa shape index (κ1) is 26.0. The van der Waals surface area contributed by atoms with E-state index in [0.29, 0.717) is 33.2 Å². The molecule has 0 saturated carbocycles. The molecule has 0 aliphatic heterocycles. The van der Waals surface area contributed by atoms with E-state index >= 15 is 0 Å². The maximum atomic E-state index is 12.7. The number of ketones is 1. The summed E-state index contributed by atoms with van der Waals surface area (Å²) in [7, 11) is -3.99. The summed E-state index contributed by atoms with van der Waals surface area (Å²) in [5, 5.41) is 0. The zero-order chi connectivity index (χ0) is 20.9. The van der Waals surface area contributed by atoms with Crippen LogP contribution < -0.4 is 0 Å². The predicted molar refractivity (Wildman–Crippen MR) is 119 cm³/mol. The third kappa shape index (κ3) is 5.52. The maximum absolute atomic E-state index is 12.7. The minimum atomic E-state index is -2.00. The van der Waals surface area contributed by atoms with Crippen LogP contribution in [0.4, 0.5) is 0 Å². The molecule has 3 nitrogen and oxygen atoms in total. The van der Waals surface area contributed by atoms with Gasteiger partial charge in [0, 0.05) is 0 Å². The van der Waals surface area contributed by atoms with Crippen LogP contribution in [0.1, 0.15) is 83.1 Å². The smallest absolute Gasteiger partial charge is 0.200 e. The van der Waals surface area contributed by atoms with Gasteiger partial charge in [0.2, 0.25) is 16.6 Å². The second-order valence-electron chi connectivity index (χ2n) is 9.75. The Labute approximate surface area is 165 Å². The van der Waals surface area contributed by atoms with Gasteiger partial charge in [-0.2, -0.15) is 0 Å². The van der Waals surface area contributed by atoms with Crippen LogP contribution in [0.25, 0.3) is 0 Å². The summed E-state index contributed by atoms with van der Waals surface area (Å²) in [4.78, 5) is 12.7. The molecule has 0 aromatic rings. The topological polar surface area (TPSA) is 35.5 Å². The molecule has 0 aliphatic carbocycles. The van der Waals surface area contributed by atoms with Crippen molar-refractivity contribution in [1.29, 1.82) is 0 Å². The van der Waals surface area contributed by atoms with E-state index in [0.717, 1.165) is 0 Å². The Morgan fingerprint density at radius 3 is 0.885 bits per heavy atom. The molecule has 26 heavy (non-hydrogen) atoms. The van der Waals surface area contributed by atoms with Gasteiger partial charge in [-0.1, -0.05) is 83.1 Å². The van der Waals surface area contributed by atoms with Crippen molar-refractivity contribution in [2.45, 2.75) is 116 Å². The van der Waals surface area contributed by atoms with Crippen LogP contribution in [-0.4, -0.2) is 35.6 Å². The van der Waals surface area contributed by atoms with Crippen LogP contribution in [0.15, 0.2) is 0 Å². The van der Waals surface area contributed by atoms with E-state index in [4.69, 9.17) is 8.85 Å². The molecule has 0 fully saturated rings. The highest BCUT2D eigenvalue weighted by atomic mass is 28.4. The molecule has 0 aromatic carbocycles. The van der Waals surface area contributed by atoms with E-state index in [-0.39, 0.29) is 19.0 Å². The number of carbonyl (C=O) groups excluding carboxylic acids is 1. The van der Waals surface area contributed by atoms with Gasteiger partial charge in [-0.25, -0.2) is 0 Å². The highest BCUT2D eigenvalue weighted by Gasteiger charge is 2.47. The quantitative estimate of drug-likeness (QED) is 0.332. The average molecular weight is 403 g/mol. The predicted octanol–water partition coefficient (Wildman–Crippen LogP) is 6.94. The van der Waals surface area contributed by atoms with Gasteiger partial charge in [-0.05, 0) is 33.2 Å². The Morgan fingerprint density at radius 2 is 0.731 bits per heavy atom. The third-order valence-electron chi connectivity index (χ3n) is 6.38. The summed E-state index contributed by atoms with van der Waals surface area (Å²) < 4.78 is 12.9. The molecule has 0 atom stereocenters. The van der Waals surface area contributed by atoms with Gasteiger partial charge in [0.05, 0.1) is 13.2 Å². The van der Waals surface area contributed by atoms with Gasteiger partial charge in [0.15, 0.2) is 5.78 Å². The Hall–Kier alpha value is 0.0238. The molecule has 0 heterocycles. The van der Waals surface area contributed by atoms with Crippen LogP contribution in [0.5, 0.6) is 0 Å². The van der Waals surface area contributed by atoms with Gasteiger partial charge in [0.1, 0.15) is 0 Å². The number of hydrogen-bond donors (Lipinski definition) is 0. The van der Waals surface area contributed by atoms with Crippen molar-refractivity contribution in [3.05, 3.63) is 0 Å². The normalized spacial score (nSPS) is 13.9. The Kier molecular flexibility index (Phi) is 10.5. The van der Waals surface area contributed by atoms with Gasteiger partial charge >= 0.3 is 0 Å². The van der Waals surface area contributed by atoms with Crippen molar-refractivity contribution in [3.63, 3.8) is 0 Å². The van der Waals surface area contributed by atoms with E-state index in [9.17, 15) is 4.79 Å². The standard InChI is InChI=1S/C21H46O3Si2/c1-15(2)25(16(3)4,17(5)6)23-13-21(22)14-24-26(18(7)8,19(9)10)20(11)12/h15-20H,13-14H2,1-12H3. The highest BCUT2D eigenvalue weighted by molar-refractivity contribution is 6.78. The molecular weight excluding hydrogens is 356 g/mol. The van der Waals surface area contributed by atoms with Crippen molar-refractivity contribution >= 4 is 22.4 Å². The van der Waals surface area contributed by atoms with Crippen LogP contribution in [0, 0.1) is 0 Å². The molecule has 156 valence electrons. The summed E-state index contributed by atoms with van der Waals surface area (Å²) >= 11 is 0. The van der Waals surface area contributed by atoms with E-state index < -0.39 is 16.6 Å². The maximum Gasteiger partial charge on any atom is 0.200 e. The second-order valence-corrected chi connectivity index (χ2v) is 20.7. The summed E-state index contributed by atoms with van der Waals surface area (Å²) in [6, 6.07) is 0. The zero-order valence-corrected chi connectivity index (χ0v) is 21.6. The molecule has 5 heteroatoms. The molecule has 0 saturated heterocycles. The SMILES string of the molecule is CC(C)[Si](OCC(=O)CO[Si](C(C)C)(C(C)C)C(C)C)(C(C)C)C(C)C. The molecular formula is C21H46O3Si2. The lowest BCUT2D eigenvalue weighted by Gasteiger charge is -2.43. The molecule has 0 N–H and O–H groups in total. The minimum absolute atomic E-state index is 0.0997. The largest absolute Gasteiger partial charge is 0.409 e. The van der Waals surface area contributed by atoms with Crippen molar-refractivity contribution in [2.75, 3.05) is 13.2 Å². The molecule has 0 radical (unpaired) electrons. The number of Topliss-reactive ketones (excluding diaryl/α,β-unsaturated/α-hetero) is 1. The van der Waals surface area contributed by atoms with E-state index in [1.54, 1.807) is 0 Å². The fraction of sp³-hybridized carbons (Fsp3) is 0.952. The van der Waals surface area contributed by atoms with Crippen LogP contribution in [0.3, 0.4) is 0 Å². The first-order chi connectivity index (χ1) is 11.8. The van der Waals surface area contributed by atoms with Gasteiger partial charge in [-0.3, -0.25) is 4.79 Å². The van der Waals surface area contributed by atoms with Gasteiger partial charge in [0.25, 0.3) is 0 Å². The van der Waals surface area contributed by atoms with E-state index in [1.807, 2.05) is 0 Å². The zero-order valence-electron chi connectivity index (χ0n) is 19.6. The van der Waals surface area contributed by atoms with Crippen LogP contribution in [0.2, 0.25) is 33.2 Å². The number of hydrogen-bond acceptors (Lipinski definition) is 3. The average Bonchev–Trinajstić information content (AvgIpc) is 2.45. The number of carbonyl (C=O) groups is 1. The first-order valence-electron chi connectivity index (χ1n) is 10.6. The number of rotatable bonds is 12. The molecule has 0 unspecified atom stereocenters. The molecule has 0 bridgehead atoms. The van der Waals surface area contributed by atoms with Crippen molar-refractivity contribution in [1.82, 2.24) is 0 Å². The van der Waals surface area contributed by atoms with E-state index in [2.05, 4.69) is 83.1 Å². The van der Waals surface area contributed by atoms with Crippen molar-refractivity contribution in [2.24, 2.45) is 0 Å². The Balaban J connectivity index is 5.14. The lowest BCUT2D eigenvalue weighted by atomic mass is 10.5. The fourth-order valence-electron chi connectivity index (χ4n) is 5.45. The summed E-state index contributed by atoms with van der Waals surface area (Å²) in [6.45, 7) is 27.4. The minimum Gasteiger partial charge on any atom is -0.409 e. The van der Waals surface area contributed by atoms with E-state index in [1.165, 1.54) is 0 Å². The monoisotopic (exact) mass is 402 g/mol. The Bertz CT molecular complexity index is 347. The molecule has 0 aromatic heterocycles. The summed E-state index contributed by atoms with van der Waals surface area (Å²) in [5.41, 5.74) is 2.95. The highest BCUT2D eigenvalue weighted by Crippen LogP contribution is 2.43. The van der Waals surface area contributed by atoms with Crippen LogP contribution in [-0.2, 0) is 13.6 Å². The fourth-order valence-corrected chi connectivity index (χ4v) is 16.3. The van der Waals surface area contributed by atoms with Gasteiger partial charge < -0.3 is 8.85 Å². The first-order valence-corrected chi connectivity index (χ1v) is 14.8. The second kappa shape index (κ2) is 10.5. The molecule has 0 amide bonds. The molecule has 0 spiro atoms. The van der Waals surface area contributed by atoms with Crippen LogP contribution >= 0.6 is 0 Å². The summed E-state index contributed by atoms with van der Waals surface area (Å²) in [5.74, 6) is 0.0997. The Morgan fingerprint density at radius 1 is 0.538 bits per heavy atom. The van der Waals surface area contributed by atoms with Crippen molar-refractivity contribution in [3.8, 4) is 0 Å². The molecule has 0 rings (SSSR count). The lowest BCUT2D eigenvalue weighted by molar-refractivity contribution is -0.123. The third-order valence-corrected chi connectivity index (χ3v) is 18.5. The lowest BCUT2D eigenvalue weighted by Crippen LogP contribution is -2.50. The van der Waals surface area contributed by atoms with Crippen molar-refractivity contribution < 1.29 is 13.6 Å².